The Morgan fingerprint density at radius 3 is 2.29 bits per heavy atom. The van der Waals surface area contributed by atoms with E-state index in [2.05, 4.69) is 15.3 Å². The van der Waals surface area contributed by atoms with E-state index < -0.39 is 5.97 Å². The molecule has 0 N–H and O–H groups in total. The molecule has 0 bridgehead atoms. The van der Waals surface area contributed by atoms with E-state index in [0.717, 1.165) is 5.69 Å². The van der Waals surface area contributed by atoms with Gasteiger partial charge in [0.05, 0.1) is 32.7 Å². The van der Waals surface area contributed by atoms with Crippen molar-refractivity contribution in [1.82, 2.24) is 20.0 Å². The summed E-state index contributed by atoms with van der Waals surface area (Å²) < 4.78 is 28.9. The predicted molar refractivity (Wildman–Crippen MR) is 127 cm³/mol. The van der Waals surface area contributed by atoms with Gasteiger partial charge in [0.2, 0.25) is 11.6 Å². The molecule has 0 unspecified atom stereocenters. The van der Waals surface area contributed by atoms with Crippen molar-refractivity contribution >= 4 is 17.6 Å². The molecule has 10 nitrogen and oxygen atoms in total. The number of halogens is 1. The molecule has 0 saturated carbocycles. The first-order valence-corrected chi connectivity index (χ1v) is 10.9. The zero-order valence-electron chi connectivity index (χ0n) is 19.8. The number of hydrogen-bond donors (Lipinski definition) is 0. The van der Waals surface area contributed by atoms with Gasteiger partial charge in [-0.05, 0) is 50.2 Å². The maximum atomic E-state index is 12.7. The number of hydrogen-bond acceptors (Lipinski definition) is 9. The molecule has 182 valence electrons. The number of carbonyl (C=O) groups excluding carboxylic acids is 1. The molecular weight excluding hydrogens is 476 g/mol. The number of oxazole rings is 1. The smallest absolute Gasteiger partial charge is 0.361 e. The van der Waals surface area contributed by atoms with Crippen LogP contribution < -0.4 is 14.2 Å². The van der Waals surface area contributed by atoms with Crippen molar-refractivity contribution in [3.8, 4) is 34.4 Å². The Labute approximate surface area is 206 Å². The fraction of sp³-hybridized carbons (Fsp3) is 0.250. The molecule has 4 aromatic rings. The summed E-state index contributed by atoms with van der Waals surface area (Å²) in [6.07, 6.45) is 0. The zero-order valence-corrected chi connectivity index (χ0v) is 20.5. The van der Waals surface area contributed by atoms with Crippen LogP contribution in [-0.4, -0.2) is 47.3 Å². The van der Waals surface area contributed by atoms with Crippen molar-refractivity contribution in [1.29, 1.82) is 0 Å². The largest absolute Gasteiger partial charge is 0.493 e. The molecule has 0 saturated heterocycles. The van der Waals surface area contributed by atoms with Crippen molar-refractivity contribution in [2.45, 2.75) is 20.5 Å². The summed E-state index contributed by atoms with van der Waals surface area (Å²) in [5.74, 6) is 1.58. The van der Waals surface area contributed by atoms with Crippen molar-refractivity contribution in [2.24, 2.45) is 0 Å². The molecule has 0 aliphatic heterocycles. The number of benzene rings is 2. The topological polar surface area (TPSA) is 111 Å². The summed E-state index contributed by atoms with van der Waals surface area (Å²) in [6, 6.07) is 10.5. The fourth-order valence-electron chi connectivity index (χ4n) is 3.44. The van der Waals surface area contributed by atoms with Crippen molar-refractivity contribution in [3.05, 3.63) is 64.3 Å². The summed E-state index contributed by atoms with van der Waals surface area (Å²) in [4.78, 5) is 17.2. The molecule has 0 aliphatic rings. The van der Waals surface area contributed by atoms with Crippen LogP contribution in [0.2, 0.25) is 5.02 Å². The number of ether oxygens (including phenoxy) is 4. The average Bonchev–Trinajstić information content (AvgIpc) is 3.44. The van der Waals surface area contributed by atoms with Gasteiger partial charge in [-0.1, -0.05) is 16.8 Å². The lowest BCUT2D eigenvalue weighted by atomic mass is 10.2. The van der Waals surface area contributed by atoms with E-state index in [1.807, 2.05) is 0 Å². The first kappa shape index (κ1) is 24.1. The second-order valence-electron chi connectivity index (χ2n) is 7.42. The third-order valence-corrected chi connectivity index (χ3v) is 5.56. The molecule has 0 aliphatic carbocycles. The molecule has 2 heterocycles. The number of carbonyl (C=O) groups is 1. The van der Waals surface area contributed by atoms with E-state index in [1.165, 1.54) is 26.0 Å². The lowest BCUT2D eigenvalue weighted by Gasteiger charge is -2.12. The third-order valence-electron chi connectivity index (χ3n) is 5.30. The van der Waals surface area contributed by atoms with Gasteiger partial charge in [-0.25, -0.2) is 14.5 Å². The Kier molecular flexibility index (Phi) is 6.92. The monoisotopic (exact) mass is 498 g/mol. The fourth-order valence-corrected chi connectivity index (χ4v) is 3.56. The Morgan fingerprint density at radius 1 is 1.03 bits per heavy atom. The van der Waals surface area contributed by atoms with Crippen molar-refractivity contribution in [3.63, 3.8) is 0 Å². The van der Waals surface area contributed by atoms with Gasteiger partial charge < -0.3 is 23.4 Å². The summed E-state index contributed by atoms with van der Waals surface area (Å²) in [5.41, 5.74) is 2.44. The minimum Gasteiger partial charge on any atom is -0.493 e. The number of methoxy groups -OCH3 is 3. The SMILES string of the molecule is COc1cc(-c2nc(COC(=O)c3nnn(-c4ccc(Cl)cc4)c3C)c(C)o2)cc(OC)c1OC. The van der Waals surface area contributed by atoms with Crippen LogP contribution in [0.5, 0.6) is 17.2 Å². The summed E-state index contributed by atoms with van der Waals surface area (Å²) in [6.45, 7) is 3.36. The minimum absolute atomic E-state index is 0.103. The summed E-state index contributed by atoms with van der Waals surface area (Å²) in [7, 11) is 4.58. The van der Waals surface area contributed by atoms with Gasteiger partial charge in [0, 0.05) is 10.6 Å². The number of aryl methyl sites for hydroxylation is 1. The minimum atomic E-state index is -0.626. The van der Waals surface area contributed by atoms with Gasteiger partial charge in [-0.2, -0.15) is 0 Å². The molecule has 0 atom stereocenters. The van der Waals surface area contributed by atoms with E-state index in [0.29, 0.717) is 50.9 Å². The quantitative estimate of drug-likeness (QED) is 0.322. The maximum absolute atomic E-state index is 12.7. The van der Waals surface area contributed by atoms with Crippen LogP contribution in [0.15, 0.2) is 40.8 Å². The first-order chi connectivity index (χ1) is 16.9. The van der Waals surface area contributed by atoms with E-state index in [9.17, 15) is 4.79 Å². The lowest BCUT2D eigenvalue weighted by molar-refractivity contribution is 0.0459. The van der Waals surface area contributed by atoms with E-state index in [4.69, 9.17) is 35.0 Å². The van der Waals surface area contributed by atoms with Gasteiger partial charge in [0.15, 0.2) is 17.2 Å². The molecule has 0 radical (unpaired) electrons. The Bertz CT molecular complexity index is 1340. The lowest BCUT2D eigenvalue weighted by Crippen LogP contribution is -2.09. The van der Waals surface area contributed by atoms with Gasteiger partial charge in [0.1, 0.15) is 18.1 Å². The van der Waals surface area contributed by atoms with Crippen LogP contribution in [0.1, 0.15) is 27.6 Å². The van der Waals surface area contributed by atoms with Crippen LogP contribution in [0.4, 0.5) is 0 Å². The number of esters is 1. The third kappa shape index (κ3) is 4.78. The second-order valence-corrected chi connectivity index (χ2v) is 7.86. The van der Waals surface area contributed by atoms with Crippen LogP contribution >= 0.6 is 11.6 Å². The molecule has 0 fully saturated rings. The molecule has 11 heteroatoms. The molecule has 2 aromatic carbocycles. The van der Waals surface area contributed by atoms with Gasteiger partial charge >= 0.3 is 5.97 Å². The highest BCUT2D eigenvalue weighted by atomic mass is 35.5. The highest BCUT2D eigenvalue weighted by molar-refractivity contribution is 6.30. The normalized spacial score (nSPS) is 10.8. The molecule has 0 spiro atoms. The zero-order chi connectivity index (χ0) is 25.1. The molecule has 4 rings (SSSR count). The van der Waals surface area contributed by atoms with Crippen LogP contribution in [0.25, 0.3) is 17.1 Å². The highest BCUT2D eigenvalue weighted by Gasteiger charge is 2.22. The first-order valence-electron chi connectivity index (χ1n) is 10.5. The van der Waals surface area contributed by atoms with E-state index in [1.54, 1.807) is 50.2 Å². The Hall–Kier alpha value is -4.05. The van der Waals surface area contributed by atoms with E-state index in [-0.39, 0.29) is 12.3 Å². The Morgan fingerprint density at radius 2 is 1.69 bits per heavy atom. The molecule has 0 amide bonds. The van der Waals surface area contributed by atoms with Crippen molar-refractivity contribution in [2.75, 3.05) is 21.3 Å². The van der Waals surface area contributed by atoms with Crippen LogP contribution in [0, 0.1) is 13.8 Å². The second kappa shape index (κ2) is 10.1. The van der Waals surface area contributed by atoms with Crippen LogP contribution in [0.3, 0.4) is 0 Å². The molecular formula is C24H23ClN4O6. The number of rotatable bonds is 8. The number of nitrogens with zero attached hydrogens (tertiary/aromatic N) is 4. The van der Waals surface area contributed by atoms with Gasteiger partial charge in [-0.3, -0.25) is 0 Å². The molecule has 35 heavy (non-hydrogen) atoms. The Balaban J connectivity index is 1.52. The standard InChI is InChI=1S/C24H23ClN4O6/c1-13-21(27-28-29(13)17-8-6-16(25)7-9-17)24(30)34-12-18-14(2)35-23(26-18)15-10-19(31-3)22(33-5)20(11-15)32-4/h6-11H,12H2,1-5H3. The summed E-state index contributed by atoms with van der Waals surface area (Å²) in [5, 5.41) is 8.63. The van der Waals surface area contributed by atoms with Crippen LogP contribution in [-0.2, 0) is 11.3 Å². The molecule has 2 aromatic heterocycles. The number of aromatic nitrogens is 4. The average molecular weight is 499 g/mol. The van der Waals surface area contributed by atoms with Crippen molar-refractivity contribution < 1.29 is 28.2 Å². The summed E-state index contributed by atoms with van der Waals surface area (Å²) >= 11 is 5.94. The highest BCUT2D eigenvalue weighted by Crippen LogP contribution is 2.41. The predicted octanol–water partition coefficient (Wildman–Crippen LogP) is 4.58. The van der Waals surface area contributed by atoms with E-state index >= 15 is 0 Å². The maximum Gasteiger partial charge on any atom is 0.361 e. The van der Waals surface area contributed by atoms with Gasteiger partial charge in [0.25, 0.3) is 0 Å². The van der Waals surface area contributed by atoms with Gasteiger partial charge in [-0.15, -0.1) is 5.10 Å².